The molecule has 0 amide bonds. The number of aryl methyl sites for hydroxylation is 1. The van der Waals surface area contributed by atoms with Crippen LogP contribution in [0.25, 0.3) is 10.6 Å². The van der Waals surface area contributed by atoms with Gasteiger partial charge in [0.05, 0.1) is 34.9 Å². The predicted molar refractivity (Wildman–Crippen MR) is 92.2 cm³/mol. The fourth-order valence-electron chi connectivity index (χ4n) is 3.18. The second-order valence-electron chi connectivity index (χ2n) is 6.28. The Hall–Kier alpha value is -1.99. The summed E-state index contributed by atoms with van der Waals surface area (Å²) >= 11 is 0.951. The first-order chi connectivity index (χ1) is 12.0. The molecule has 1 aliphatic carbocycles. The van der Waals surface area contributed by atoms with Crippen LogP contribution < -0.4 is 4.74 Å². The van der Waals surface area contributed by atoms with E-state index in [2.05, 4.69) is 4.98 Å². The number of carboxylic acid groups (broad SMARTS) is 1. The van der Waals surface area contributed by atoms with Crippen molar-refractivity contribution in [3.05, 3.63) is 34.6 Å². The van der Waals surface area contributed by atoms with Crippen LogP contribution in [0.4, 0.5) is 4.39 Å². The minimum Gasteiger partial charge on any atom is -0.489 e. The van der Waals surface area contributed by atoms with Crippen molar-refractivity contribution in [1.82, 2.24) is 4.98 Å². The second kappa shape index (κ2) is 7.49. The van der Waals surface area contributed by atoms with Gasteiger partial charge >= 0.3 is 5.97 Å². The molecule has 3 rings (SSSR count). The fourth-order valence-corrected chi connectivity index (χ4v) is 4.05. The number of carbonyl (C=O) groups is 1. The monoisotopic (exact) mass is 365 g/mol. The number of nitrogens with zero attached hydrogens (tertiary/aromatic N) is 1. The number of aromatic nitrogens is 1. The van der Waals surface area contributed by atoms with Crippen LogP contribution >= 0.6 is 11.3 Å². The number of pyridine rings is 1. The predicted octanol–water partition coefficient (Wildman–Crippen LogP) is 3.77. The quantitative estimate of drug-likeness (QED) is 0.843. The number of rotatable bonds is 5. The van der Waals surface area contributed by atoms with Gasteiger partial charge in [-0.1, -0.05) is 0 Å². The average molecular weight is 365 g/mol. The van der Waals surface area contributed by atoms with Crippen molar-refractivity contribution in [2.45, 2.75) is 45.3 Å². The maximum absolute atomic E-state index is 13.5. The summed E-state index contributed by atoms with van der Waals surface area (Å²) in [6.45, 7) is 1.56. The van der Waals surface area contributed by atoms with Crippen molar-refractivity contribution in [3.8, 4) is 16.3 Å². The average Bonchev–Trinajstić information content (AvgIpc) is 2.98. The highest BCUT2D eigenvalue weighted by molar-refractivity contribution is 7.14. The van der Waals surface area contributed by atoms with Crippen LogP contribution in [0, 0.1) is 18.0 Å². The molecular formula is C18H20FNO4S. The number of hydrogen-bond acceptors (Lipinski definition) is 5. The molecule has 2 aromatic rings. The van der Waals surface area contributed by atoms with Gasteiger partial charge in [-0.3, -0.25) is 4.79 Å². The molecule has 0 spiro atoms. The minimum absolute atomic E-state index is 0.131. The minimum atomic E-state index is -0.769. The Morgan fingerprint density at radius 3 is 2.92 bits per heavy atom. The summed E-state index contributed by atoms with van der Waals surface area (Å²) in [5, 5.41) is 18.2. The third kappa shape index (κ3) is 3.99. The van der Waals surface area contributed by atoms with E-state index < -0.39 is 5.97 Å². The number of hydrogen-bond donors (Lipinski definition) is 2. The van der Waals surface area contributed by atoms with E-state index in [1.807, 2.05) is 0 Å². The van der Waals surface area contributed by atoms with E-state index in [1.165, 1.54) is 6.07 Å². The normalized spacial score (nSPS) is 20.4. The Labute approximate surface area is 149 Å². The summed E-state index contributed by atoms with van der Waals surface area (Å²) in [5.74, 6) is -0.510. The van der Waals surface area contributed by atoms with Gasteiger partial charge < -0.3 is 14.9 Å². The highest BCUT2D eigenvalue weighted by Gasteiger charge is 2.28. The summed E-state index contributed by atoms with van der Waals surface area (Å²) in [4.78, 5) is 16.3. The Bertz CT molecular complexity index is 776. The van der Waals surface area contributed by atoms with E-state index in [9.17, 15) is 19.4 Å². The highest BCUT2D eigenvalue weighted by Crippen LogP contribution is 2.34. The van der Waals surface area contributed by atoms with Crippen LogP contribution in [-0.4, -0.2) is 27.3 Å². The molecular weight excluding hydrogens is 345 g/mol. The van der Waals surface area contributed by atoms with E-state index in [-0.39, 0.29) is 23.8 Å². The fraction of sp³-hybridized carbons (Fsp3) is 0.444. The largest absolute Gasteiger partial charge is 0.489 e. The summed E-state index contributed by atoms with van der Waals surface area (Å²) in [7, 11) is 0. The molecule has 7 heteroatoms. The summed E-state index contributed by atoms with van der Waals surface area (Å²) in [6.07, 6.45) is 2.73. The molecule has 0 unspecified atom stereocenters. The van der Waals surface area contributed by atoms with Crippen LogP contribution in [0.1, 0.15) is 36.9 Å². The van der Waals surface area contributed by atoms with Crippen molar-refractivity contribution >= 4 is 17.3 Å². The zero-order valence-electron chi connectivity index (χ0n) is 13.9. The highest BCUT2D eigenvalue weighted by atomic mass is 32.1. The number of ether oxygens (including phenoxy) is 1. The van der Waals surface area contributed by atoms with Crippen molar-refractivity contribution in [1.29, 1.82) is 0 Å². The van der Waals surface area contributed by atoms with Gasteiger partial charge in [0.25, 0.3) is 0 Å². The zero-order valence-corrected chi connectivity index (χ0v) is 14.7. The lowest BCUT2D eigenvalue weighted by Crippen LogP contribution is -2.29. The van der Waals surface area contributed by atoms with Gasteiger partial charge in [0.1, 0.15) is 5.75 Å². The third-order valence-corrected chi connectivity index (χ3v) is 5.48. The van der Waals surface area contributed by atoms with E-state index >= 15 is 0 Å². The molecule has 2 atom stereocenters. The number of carboxylic acids is 1. The standard InChI is InChI=1S/C18H20FNO4S/c1-10-15(24-13-4-2-3-11(7-13)18(22)23)6-5-14(20-10)17-12(9-21)8-16(19)25-17/h5-6,8,11,13,21H,2-4,7,9H2,1H3,(H,22,23)/t11-,13-/m0/s1. The number of thiophene rings is 1. The molecule has 1 fully saturated rings. The SMILES string of the molecule is Cc1nc(-c2sc(F)cc2CO)ccc1O[C@H]1CCC[C@H](C(=O)O)C1. The van der Waals surface area contributed by atoms with Gasteiger partial charge in [-0.25, -0.2) is 4.98 Å². The van der Waals surface area contributed by atoms with Crippen LogP contribution in [-0.2, 0) is 11.4 Å². The molecule has 0 aromatic carbocycles. The third-order valence-electron chi connectivity index (χ3n) is 4.49. The maximum Gasteiger partial charge on any atom is 0.306 e. The molecule has 1 saturated carbocycles. The molecule has 0 aliphatic heterocycles. The topological polar surface area (TPSA) is 79.7 Å². The van der Waals surface area contributed by atoms with Gasteiger partial charge in [0.2, 0.25) is 0 Å². The summed E-state index contributed by atoms with van der Waals surface area (Å²) in [6, 6.07) is 4.83. The van der Waals surface area contributed by atoms with Gasteiger partial charge in [0.15, 0.2) is 5.13 Å². The van der Waals surface area contributed by atoms with E-state index in [4.69, 9.17) is 4.74 Å². The first-order valence-corrected chi connectivity index (χ1v) is 9.06. The van der Waals surface area contributed by atoms with Crippen LogP contribution in [0.3, 0.4) is 0 Å². The molecule has 2 N–H and O–H groups in total. The lowest BCUT2D eigenvalue weighted by molar-refractivity contribution is -0.143. The van der Waals surface area contributed by atoms with Crippen LogP contribution in [0.5, 0.6) is 5.75 Å². The molecule has 2 heterocycles. The molecule has 25 heavy (non-hydrogen) atoms. The molecule has 0 radical (unpaired) electrons. The summed E-state index contributed by atoms with van der Waals surface area (Å²) < 4.78 is 19.4. The first-order valence-electron chi connectivity index (χ1n) is 8.24. The smallest absolute Gasteiger partial charge is 0.306 e. The van der Waals surface area contributed by atoms with Crippen molar-refractivity contribution in [2.75, 3.05) is 0 Å². The van der Waals surface area contributed by atoms with Crippen molar-refractivity contribution in [2.24, 2.45) is 5.92 Å². The molecule has 1 aliphatic rings. The van der Waals surface area contributed by atoms with E-state index in [1.54, 1.807) is 19.1 Å². The molecule has 0 bridgehead atoms. The summed E-state index contributed by atoms with van der Waals surface area (Å²) in [5.41, 5.74) is 1.77. The number of aliphatic carboxylic acids is 1. The van der Waals surface area contributed by atoms with Gasteiger partial charge in [-0.15, -0.1) is 11.3 Å². The molecule has 0 saturated heterocycles. The Morgan fingerprint density at radius 1 is 1.44 bits per heavy atom. The van der Waals surface area contributed by atoms with Gasteiger partial charge in [-0.2, -0.15) is 4.39 Å². The zero-order chi connectivity index (χ0) is 18.0. The lowest BCUT2D eigenvalue weighted by Gasteiger charge is -2.27. The maximum atomic E-state index is 13.5. The van der Waals surface area contributed by atoms with Crippen molar-refractivity contribution in [3.63, 3.8) is 0 Å². The number of halogens is 1. The Balaban J connectivity index is 1.77. The number of aliphatic hydroxyl groups excluding tert-OH is 1. The molecule has 2 aromatic heterocycles. The van der Waals surface area contributed by atoms with E-state index in [0.717, 1.165) is 24.2 Å². The van der Waals surface area contributed by atoms with Crippen LogP contribution in [0.2, 0.25) is 0 Å². The Kier molecular flexibility index (Phi) is 5.34. The molecule has 5 nitrogen and oxygen atoms in total. The van der Waals surface area contributed by atoms with E-state index in [0.29, 0.717) is 40.4 Å². The number of aliphatic hydroxyl groups is 1. The van der Waals surface area contributed by atoms with Gasteiger partial charge in [-0.05, 0) is 50.8 Å². The second-order valence-corrected chi connectivity index (χ2v) is 7.29. The van der Waals surface area contributed by atoms with Crippen molar-refractivity contribution < 1.29 is 24.1 Å². The Morgan fingerprint density at radius 2 is 2.24 bits per heavy atom. The lowest BCUT2D eigenvalue weighted by atomic mass is 9.87. The van der Waals surface area contributed by atoms with Gasteiger partial charge in [0, 0.05) is 5.56 Å². The van der Waals surface area contributed by atoms with Crippen LogP contribution in [0.15, 0.2) is 18.2 Å². The molecule has 134 valence electrons. The first kappa shape index (κ1) is 17.8.